The molecule has 0 aromatic heterocycles. The number of hydrogen-bond acceptors (Lipinski definition) is 4. The van der Waals surface area contributed by atoms with Crippen molar-refractivity contribution in [2.45, 2.75) is 26.7 Å². The minimum absolute atomic E-state index is 0.344. The lowest BCUT2D eigenvalue weighted by molar-refractivity contribution is -0.252. The lowest BCUT2D eigenvalue weighted by Gasteiger charge is -1.87. The minimum Gasteiger partial charge on any atom is -0.396 e. The summed E-state index contributed by atoms with van der Waals surface area (Å²) in [6.45, 7) is 3.66. The van der Waals surface area contributed by atoms with E-state index in [0.29, 0.717) is 6.61 Å². The maximum absolute atomic E-state index is 9.70. The molecule has 0 rings (SSSR count). The summed E-state index contributed by atoms with van der Waals surface area (Å²) in [5, 5.41) is 8.07. The highest BCUT2D eigenvalue weighted by molar-refractivity contribution is 5.65. The predicted molar refractivity (Wildman–Crippen MR) is 40.8 cm³/mol. The van der Waals surface area contributed by atoms with Crippen molar-refractivity contribution in [3.05, 3.63) is 0 Å². The lowest BCUT2D eigenvalue weighted by Crippen LogP contribution is -1.94. The van der Waals surface area contributed by atoms with Crippen molar-refractivity contribution < 1.29 is 19.7 Å². The fraction of sp³-hybridized carbons (Fsp3) is 0.857. The second-order valence-corrected chi connectivity index (χ2v) is 1.82. The number of carbonyl (C=O) groups is 1. The van der Waals surface area contributed by atoms with Crippen molar-refractivity contribution >= 4 is 5.97 Å². The van der Waals surface area contributed by atoms with E-state index in [1.807, 2.05) is 0 Å². The second-order valence-electron chi connectivity index (χ2n) is 1.82. The third kappa shape index (κ3) is 26.6. The highest BCUT2D eigenvalue weighted by Crippen LogP contribution is 1.78. The Balaban J connectivity index is 0. The Morgan fingerprint density at radius 1 is 1.55 bits per heavy atom. The van der Waals surface area contributed by atoms with Crippen LogP contribution in [0.5, 0.6) is 0 Å². The Morgan fingerprint density at radius 2 is 2.09 bits per heavy atom. The highest BCUT2D eigenvalue weighted by Gasteiger charge is 1.83. The molecule has 0 spiro atoms. The SMILES string of the molecule is CCCCO.COOC(C)=O. The van der Waals surface area contributed by atoms with Crippen LogP contribution in [0.1, 0.15) is 26.7 Å². The standard InChI is InChI=1S/C4H10O.C3H6O3/c1-2-3-4-5;1-3(4)6-5-2/h5H,2-4H2,1H3;1-2H3. The van der Waals surface area contributed by atoms with Crippen LogP contribution in [0.4, 0.5) is 0 Å². The van der Waals surface area contributed by atoms with E-state index in [1.165, 1.54) is 14.0 Å². The zero-order valence-corrected chi connectivity index (χ0v) is 7.29. The minimum atomic E-state index is -0.433. The molecule has 11 heavy (non-hydrogen) atoms. The summed E-state index contributed by atoms with van der Waals surface area (Å²) in [5.74, 6) is -0.433. The van der Waals surface area contributed by atoms with Gasteiger partial charge in [0.25, 0.3) is 0 Å². The first-order valence-corrected chi connectivity index (χ1v) is 3.51. The zero-order chi connectivity index (χ0) is 9.11. The van der Waals surface area contributed by atoms with Crippen LogP contribution in [0, 0.1) is 0 Å². The molecule has 0 saturated heterocycles. The van der Waals surface area contributed by atoms with Crippen LogP contribution in [-0.2, 0) is 14.6 Å². The summed E-state index contributed by atoms with van der Waals surface area (Å²) in [5.41, 5.74) is 0. The summed E-state index contributed by atoms with van der Waals surface area (Å²) in [6, 6.07) is 0. The molecule has 1 N–H and O–H groups in total. The molecule has 0 atom stereocenters. The van der Waals surface area contributed by atoms with Gasteiger partial charge in [0.05, 0.1) is 7.11 Å². The predicted octanol–water partition coefficient (Wildman–Crippen LogP) is 0.890. The summed E-state index contributed by atoms with van der Waals surface area (Å²) < 4.78 is 0. The van der Waals surface area contributed by atoms with Gasteiger partial charge in [-0.3, -0.25) is 4.89 Å². The van der Waals surface area contributed by atoms with Gasteiger partial charge in [-0.2, -0.15) is 4.89 Å². The van der Waals surface area contributed by atoms with Crippen molar-refractivity contribution in [2.24, 2.45) is 0 Å². The monoisotopic (exact) mass is 164 g/mol. The van der Waals surface area contributed by atoms with Gasteiger partial charge in [0.2, 0.25) is 0 Å². The lowest BCUT2D eigenvalue weighted by atomic mass is 10.4. The summed E-state index contributed by atoms with van der Waals surface area (Å²) in [4.78, 5) is 17.6. The molecular formula is C7H16O4. The number of aliphatic hydroxyl groups excluding tert-OH is 1. The Labute approximate surface area is 67.0 Å². The van der Waals surface area contributed by atoms with E-state index in [9.17, 15) is 4.79 Å². The van der Waals surface area contributed by atoms with E-state index in [2.05, 4.69) is 16.7 Å². The Morgan fingerprint density at radius 3 is 2.09 bits per heavy atom. The van der Waals surface area contributed by atoms with Gasteiger partial charge in [0.15, 0.2) is 0 Å². The molecule has 0 heterocycles. The van der Waals surface area contributed by atoms with E-state index in [-0.39, 0.29) is 0 Å². The quantitative estimate of drug-likeness (QED) is 0.497. The molecule has 0 unspecified atom stereocenters. The van der Waals surface area contributed by atoms with E-state index >= 15 is 0 Å². The molecule has 0 aliphatic heterocycles. The van der Waals surface area contributed by atoms with Crippen LogP contribution in [-0.4, -0.2) is 24.8 Å². The van der Waals surface area contributed by atoms with Crippen molar-refractivity contribution in [3.63, 3.8) is 0 Å². The van der Waals surface area contributed by atoms with E-state index < -0.39 is 5.97 Å². The third-order valence-electron chi connectivity index (χ3n) is 0.712. The van der Waals surface area contributed by atoms with Crippen LogP contribution >= 0.6 is 0 Å². The smallest absolute Gasteiger partial charge is 0.339 e. The molecule has 0 amide bonds. The number of carbonyl (C=O) groups excluding carboxylic acids is 1. The Bertz CT molecular complexity index is 80.5. The van der Waals surface area contributed by atoms with Crippen molar-refractivity contribution in [2.75, 3.05) is 13.7 Å². The first-order valence-electron chi connectivity index (χ1n) is 3.51. The van der Waals surface area contributed by atoms with Crippen molar-refractivity contribution in [3.8, 4) is 0 Å². The average Bonchev–Trinajstić information content (AvgIpc) is 1.90. The maximum atomic E-state index is 9.70. The molecule has 68 valence electrons. The molecule has 0 aromatic carbocycles. The topological polar surface area (TPSA) is 55.8 Å². The van der Waals surface area contributed by atoms with Crippen LogP contribution < -0.4 is 0 Å². The van der Waals surface area contributed by atoms with Crippen LogP contribution in [0.25, 0.3) is 0 Å². The molecule has 0 fully saturated rings. The molecule has 0 bridgehead atoms. The van der Waals surface area contributed by atoms with Gasteiger partial charge in [0, 0.05) is 13.5 Å². The average molecular weight is 164 g/mol. The third-order valence-corrected chi connectivity index (χ3v) is 0.712. The normalized spacial score (nSPS) is 8.00. The molecule has 4 heteroatoms. The van der Waals surface area contributed by atoms with Crippen LogP contribution in [0.3, 0.4) is 0 Å². The van der Waals surface area contributed by atoms with Crippen molar-refractivity contribution in [1.82, 2.24) is 0 Å². The van der Waals surface area contributed by atoms with Gasteiger partial charge in [0.1, 0.15) is 0 Å². The first kappa shape index (κ1) is 13.0. The summed E-state index contributed by atoms with van der Waals surface area (Å²) in [6.07, 6.45) is 2.04. The highest BCUT2D eigenvalue weighted by atomic mass is 17.2. The van der Waals surface area contributed by atoms with Gasteiger partial charge in [-0.15, -0.1) is 0 Å². The Kier molecular flexibility index (Phi) is 14.3. The summed E-state index contributed by atoms with van der Waals surface area (Å²) >= 11 is 0. The maximum Gasteiger partial charge on any atom is 0.339 e. The van der Waals surface area contributed by atoms with Crippen LogP contribution in [0.15, 0.2) is 0 Å². The molecule has 4 nitrogen and oxygen atoms in total. The number of unbranched alkanes of at least 4 members (excludes halogenated alkanes) is 1. The summed E-state index contributed by atoms with van der Waals surface area (Å²) in [7, 11) is 1.28. The number of hydrogen-bond donors (Lipinski definition) is 1. The van der Waals surface area contributed by atoms with E-state index in [1.54, 1.807) is 0 Å². The molecule has 0 saturated carbocycles. The molecule has 0 aliphatic carbocycles. The second kappa shape index (κ2) is 12.1. The van der Waals surface area contributed by atoms with Gasteiger partial charge in [-0.05, 0) is 6.42 Å². The molecule has 0 aliphatic rings. The molecule has 0 radical (unpaired) electrons. The van der Waals surface area contributed by atoms with Gasteiger partial charge < -0.3 is 5.11 Å². The van der Waals surface area contributed by atoms with Crippen LogP contribution in [0.2, 0.25) is 0 Å². The Hall–Kier alpha value is -0.610. The number of aliphatic hydroxyl groups is 1. The largest absolute Gasteiger partial charge is 0.396 e. The fourth-order valence-corrected chi connectivity index (χ4v) is 0.275. The van der Waals surface area contributed by atoms with E-state index in [4.69, 9.17) is 5.11 Å². The van der Waals surface area contributed by atoms with Gasteiger partial charge in [-0.25, -0.2) is 4.79 Å². The molecular weight excluding hydrogens is 148 g/mol. The van der Waals surface area contributed by atoms with Crippen molar-refractivity contribution in [1.29, 1.82) is 0 Å². The van der Waals surface area contributed by atoms with Gasteiger partial charge in [-0.1, -0.05) is 13.3 Å². The number of rotatable bonds is 3. The first-order chi connectivity index (χ1) is 5.18. The fourth-order valence-electron chi connectivity index (χ4n) is 0.275. The molecule has 0 aromatic rings. The van der Waals surface area contributed by atoms with Gasteiger partial charge >= 0.3 is 5.97 Å². The van der Waals surface area contributed by atoms with E-state index in [0.717, 1.165) is 12.8 Å². The zero-order valence-electron chi connectivity index (χ0n) is 7.29.